The predicted octanol–water partition coefficient (Wildman–Crippen LogP) is 3.26. The summed E-state index contributed by atoms with van der Waals surface area (Å²) in [4.78, 5) is 0. The third kappa shape index (κ3) is 2.34. The molecule has 0 aromatic heterocycles. The molecule has 0 N–H and O–H groups in total. The molecule has 0 bridgehead atoms. The Labute approximate surface area is 96.7 Å². The summed E-state index contributed by atoms with van der Waals surface area (Å²) in [6.07, 6.45) is 0. The van der Waals surface area contributed by atoms with Crippen molar-refractivity contribution in [1.29, 1.82) is 0 Å². The molecule has 0 saturated carbocycles. The van der Waals surface area contributed by atoms with Crippen LogP contribution in [-0.4, -0.2) is 33.5 Å². The highest BCUT2D eigenvalue weighted by atomic mass is 28.4. The second kappa shape index (κ2) is 3.42. The summed E-state index contributed by atoms with van der Waals surface area (Å²) in [5, 5.41) is 8.90. The van der Waals surface area contributed by atoms with Gasteiger partial charge in [-0.2, -0.15) is 0 Å². The Morgan fingerprint density at radius 1 is 0.733 bits per heavy atom. The van der Waals surface area contributed by atoms with E-state index < -0.39 is 24.9 Å². The lowest BCUT2D eigenvalue weighted by atomic mass is 11.8. The van der Waals surface area contributed by atoms with Gasteiger partial charge >= 0.3 is 0 Å². The smallest absolute Gasteiger partial charge is 0.278 e. The molecule has 0 fully saturated rings. The Morgan fingerprint density at radius 3 is 1.13 bits per heavy atom. The third-order valence-corrected chi connectivity index (χ3v) is 14.8. The fraction of sp³-hybridized carbons (Fsp3) is 1.00. The molecule has 0 unspecified atom stereocenters. The van der Waals surface area contributed by atoms with Crippen molar-refractivity contribution in [1.82, 2.24) is 8.68 Å². The van der Waals surface area contributed by atoms with Gasteiger partial charge in [0.2, 0.25) is 0 Å². The first kappa shape index (κ1) is 12.9. The molecule has 1 heterocycles. The summed E-state index contributed by atoms with van der Waals surface area (Å²) in [7, 11) is -4.34. The van der Waals surface area contributed by atoms with Crippen molar-refractivity contribution in [3.05, 3.63) is 0 Å². The normalized spacial score (nSPS) is 21.3. The SMILES string of the molecule is C[Si](C)(C)N1N=NN([Si](C)(C)C)[Si]1(C)C. The van der Waals surface area contributed by atoms with E-state index in [2.05, 4.69) is 71.5 Å². The van der Waals surface area contributed by atoms with E-state index in [9.17, 15) is 0 Å². The van der Waals surface area contributed by atoms with Crippen LogP contribution in [0.2, 0.25) is 52.4 Å². The van der Waals surface area contributed by atoms with Crippen LogP contribution < -0.4 is 0 Å². The van der Waals surface area contributed by atoms with Crippen LogP contribution in [0.25, 0.3) is 0 Å². The van der Waals surface area contributed by atoms with Crippen LogP contribution in [0.5, 0.6) is 0 Å². The predicted molar refractivity (Wildman–Crippen MR) is 72.7 cm³/mol. The zero-order valence-corrected chi connectivity index (χ0v) is 14.3. The summed E-state index contributed by atoms with van der Waals surface area (Å²) in [5.74, 6) is 0. The van der Waals surface area contributed by atoms with Crippen LogP contribution in [-0.2, 0) is 0 Å². The Kier molecular flexibility index (Phi) is 2.95. The van der Waals surface area contributed by atoms with Gasteiger partial charge in [0, 0.05) is 0 Å². The molecule has 1 rings (SSSR count). The third-order valence-electron chi connectivity index (χ3n) is 2.53. The molecule has 0 spiro atoms. The van der Waals surface area contributed by atoms with Crippen molar-refractivity contribution in [2.75, 3.05) is 0 Å². The number of hydrogen-bond acceptors (Lipinski definition) is 4. The van der Waals surface area contributed by atoms with Crippen molar-refractivity contribution < 1.29 is 0 Å². The maximum Gasteiger partial charge on any atom is 0.278 e. The van der Waals surface area contributed by atoms with Gasteiger partial charge in [0.1, 0.15) is 0 Å². The molecule has 0 amide bonds. The van der Waals surface area contributed by atoms with Gasteiger partial charge in [-0.25, -0.2) is 0 Å². The average Bonchev–Trinajstić information content (AvgIpc) is 2.21. The lowest BCUT2D eigenvalue weighted by Gasteiger charge is -2.44. The van der Waals surface area contributed by atoms with Gasteiger partial charge in [0.25, 0.3) is 8.40 Å². The van der Waals surface area contributed by atoms with Crippen LogP contribution in [0.1, 0.15) is 0 Å². The molecule has 0 radical (unpaired) electrons. The summed E-state index contributed by atoms with van der Waals surface area (Å²) < 4.78 is 4.75. The minimum atomic E-state index is -1.61. The van der Waals surface area contributed by atoms with Crippen LogP contribution in [0.4, 0.5) is 0 Å². The van der Waals surface area contributed by atoms with E-state index in [1.807, 2.05) is 0 Å². The molecule has 15 heavy (non-hydrogen) atoms. The molecule has 7 heteroatoms. The van der Waals surface area contributed by atoms with E-state index >= 15 is 0 Å². The molecule has 0 saturated heterocycles. The molecule has 0 aromatic carbocycles. The number of hydrogen-bond donors (Lipinski definition) is 0. The lowest BCUT2D eigenvalue weighted by molar-refractivity contribution is 0.641. The van der Waals surface area contributed by atoms with Gasteiger partial charge < -0.3 is 8.68 Å². The maximum atomic E-state index is 4.45. The maximum absolute atomic E-state index is 4.45. The van der Waals surface area contributed by atoms with Crippen LogP contribution in [0, 0.1) is 0 Å². The highest BCUT2D eigenvalue weighted by Crippen LogP contribution is 2.33. The summed E-state index contributed by atoms with van der Waals surface area (Å²) in [6.45, 7) is 18.8. The second-order valence-electron chi connectivity index (χ2n) is 6.64. The average molecular weight is 261 g/mol. The number of rotatable bonds is 2. The molecular weight excluding hydrogens is 236 g/mol. The molecule has 0 aromatic rings. The van der Waals surface area contributed by atoms with Gasteiger partial charge in [0.05, 0.1) is 0 Å². The molecule has 0 atom stereocenters. The van der Waals surface area contributed by atoms with Gasteiger partial charge in [-0.1, -0.05) is 49.7 Å². The molecule has 4 nitrogen and oxygen atoms in total. The highest BCUT2D eigenvalue weighted by Gasteiger charge is 2.50. The van der Waals surface area contributed by atoms with Gasteiger partial charge in [0.15, 0.2) is 16.5 Å². The fourth-order valence-electron chi connectivity index (χ4n) is 2.30. The monoisotopic (exact) mass is 260 g/mol. The van der Waals surface area contributed by atoms with Crippen molar-refractivity contribution in [2.24, 2.45) is 10.4 Å². The van der Waals surface area contributed by atoms with E-state index in [4.69, 9.17) is 0 Å². The highest BCUT2D eigenvalue weighted by molar-refractivity contribution is 6.95. The largest absolute Gasteiger partial charge is 0.311 e. The Hall–Kier alpha value is -0.149. The molecule has 1 aliphatic heterocycles. The van der Waals surface area contributed by atoms with E-state index in [0.717, 1.165) is 0 Å². The molecule has 88 valence electrons. The van der Waals surface area contributed by atoms with Crippen molar-refractivity contribution in [3.8, 4) is 0 Å². The van der Waals surface area contributed by atoms with Crippen molar-refractivity contribution >= 4 is 24.9 Å². The van der Waals surface area contributed by atoms with Gasteiger partial charge in [-0.15, -0.1) is 0 Å². The van der Waals surface area contributed by atoms with Crippen LogP contribution >= 0.6 is 0 Å². The molecular formula is C8H24N4Si3. The van der Waals surface area contributed by atoms with Gasteiger partial charge in [-0.3, -0.25) is 0 Å². The first-order valence-corrected chi connectivity index (χ1v) is 15.3. The fourth-order valence-corrected chi connectivity index (χ4v) is 17.6. The Morgan fingerprint density at radius 2 is 1.00 bits per heavy atom. The van der Waals surface area contributed by atoms with Crippen LogP contribution in [0.15, 0.2) is 10.4 Å². The topological polar surface area (TPSA) is 31.2 Å². The number of nitrogens with zero attached hydrogens (tertiary/aromatic N) is 4. The Balaban J connectivity index is 3.01. The molecule has 0 aliphatic carbocycles. The van der Waals surface area contributed by atoms with Crippen LogP contribution in [0.3, 0.4) is 0 Å². The summed E-state index contributed by atoms with van der Waals surface area (Å²) >= 11 is 0. The van der Waals surface area contributed by atoms with Crippen molar-refractivity contribution in [2.45, 2.75) is 52.4 Å². The minimum absolute atomic E-state index is 1.36. The standard InChI is InChI=1S/C8H24N4Si3/c1-13(2,3)11-9-10-12(14(4,5)6)15(11,7)8/h1-8H3. The lowest BCUT2D eigenvalue weighted by Crippen LogP contribution is -2.66. The Bertz CT molecular complexity index is 251. The van der Waals surface area contributed by atoms with Crippen molar-refractivity contribution in [3.63, 3.8) is 0 Å². The zero-order valence-electron chi connectivity index (χ0n) is 11.3. The summed E-state index contributed by atoms with van der Waals surface area (Å²) in [6, 6.07) is 0. The molecule has 1 aliphatic rings. The second-order valence-corrected chi connectivity index (χ2v) is 20.9. The van der Waals surface area contributed by atoms with E-state index in [-0.39, 0.29) is 0 Å². The summed E-state index contributed by atoms with van der Waals surface area (Å²) in [5.41, 5.74) is 0. The van der Waals surface area contributed by atoms with Gasteiger partial charge in [-0.05, 0) is 13.1 Å². The quantitative estimate of drug-likeness (QED) is 0.714. The van der Waals surface area contributed by atoms with E-state index in [0.29, 0.717) is 0 Å². The van der Waals surface area contributed by atoms with E-state index in [1.165, 1.54) is 0 Å². The zero-order chi connectivity index (χ0) is 12.1. The first-order chi connectivity index (χ1) is 6.47. The first-order valence-electron chi connectivity index (χ1n) is 5.49. The van der Waals surface area contributed by atoms with E-state index in [1.54, 1.807) is 0 Å². The minimum Gasteiger partial charge on any atom is -0.311 e.